The Kier molecular flexibility index (Phi) is 7.82. The third-order valence-corrected chi connectivity index (χ3v) is 5.92. The van der Waals surface area contributed by atoms with Gasteiger partial charge in [0, 0.05) is 26.2 Å². The minimum Gasteiger partial charge on any atom is -0.423 e. The molecule has 1 N–H and O–H groups in total. The summed E-state index contributed by atoms with van der Waals surface area (Å²) in [6.45, 7) is 7.35. The number of ether oxygens (including phenoxy) is 3. The van der Waals surface area contributed by atoms with Crippen molar-refractivity contribution in [1.29, 1.82) is 0 Å². The molecule has 11 heteroatoms. The van der Waals surface area contributed by atoms with Gasteiger partial charge < -0.3 is 24.0 Å². The molecule has 3 aromatic rings. The molecular weight excluding hydrogens is 474 g/mol. The molecule has 2 saturated heterocycles. The van der Waals surface area contributed by atoms with E-state index in [4.69, 9.17) is 19.2 Å². The van der Waals surface area contributed by atoms with Crippen LogP contribution in [0.25, 0.3) is 0 Å². The molecule has 2 aromatic carbocycles. The van der Waals surface area contributed by atoms with E-state index in [9.17, 15) is 4.79 Å². The Morgan fingerprint density at radius 1 is 0.919 bits per heavy atom. The number of aromatic nitrogens is 3. The highest BCUT2D eigenvalue weighted by Gasteiger charge is 2.20. The van der Waals surface area contributed by atoms with Gasteiger partial charge in [0.2, 0.25) is 17.8 Å². The number of nitrogens with zero attached hydrogens (tertiary/aromatic N) is 6. The Hall–Kier alpha value is -4.09. The van der Waals surface area contributed by atoms with Gasteiger partial charge in [0.15, 0.2) is 0 Å². The Labute approximate surface area is 215 Å². The molecule has 2 fully saturated rings. The molecule has 0 atom stereocenters. The van der Waals surface area contributed by atoms with Crippen LogP contribution in [-0.2, 0) is 9.47 Å². The van der Waals surface area contributed by atoms with Crippen molar-refractivity contribution in [2.24, 2.45) is 5.10 Å². The maximum absolute atomic E-state index is 12.4. The van der Waals surface area contributed by atoms with Gasteiger partial charge >= 0.3 is 5.97 Å². The summed E-state index contributed by atoms with van der Waals surface area (Å²) in [7, 11) is 0. The van der Waals surface area contributed by atoms with Crippen LogP contribution in [0.3, 0.4) is 0 Å². The molecule has 3 heterocycles. The first kappa shape index (κ1) is 24.6. The van der Waals surface area contributed by atoms with Crippen molar-refractivity contribution in [2.45, 2.75) is 6.92 Å². The number of morpholine rings is 2. The molecule has 0 aliphatic carbocycles. The minimum absolute atomic E-state index is 0.359. The first-order valence-electron chi connectivity index (χ1n) is 12.2. The standard InChI is InChI=1S/C26H29N7O4/c1-19-3-2-4-21(17-19)23(34)37-22-7-5-20(6-8-22)18-27-31-24-28-25(32-9-13-35-14-10-32)30-26(29-24)33-11-15-36-16-12-33/h2-8,17-18H,9-16H2,1H3,(H,28,29,30,31)/b27-18+. The van der Waals surface area contributed by atoms with Gasteiger partial charge in [-0.05, 0) is 48.9 Å². The molecule has 1 aromatic heterocycles. The molecule has 0 bridgehead atoms. The van der Waals surface area contributed by atoms with Crippen LogP contribution in [-0.4, -0.2) is 79.7 Å². The predicted molar refractivity (Wildman–Crippen MR) is 140 cm³/mol. The average Bonchev–Trinajstić information content (AvgIpc) is 2.95. The molecule has 2 aliphatic heterocycles. The third-order valence-electron chi connectivity index (χ3n) is 5.92. The maximum atomic E-state index is 12.4. The molecule has 0 spiro atoms. The Morgan fingerprint density at radius 2 is 1.54 bits per heavy atom. The fourth-order valence-corrected chi connectivity index (χ4v) is 3.94. The van der Waals surface area contributed by atoms with Crippen LogP contribution in [0.4, 0.5) is 17.8 Å². The average molecular weight is 504 g/mol. The van der Waals surface area contributed by atoms with E-state index in [1.807, 2.05) is 31.2 Å². The first-order chi connectivity index (χ1) is 18.1. The van der Waals surface area contributed by atoms with Crippen molar-refractivity contribution in [2.75, 3.05) is 67.8 Å². The minimum atomic E-state index is -0.395. The number of aryl methyl sites for hydroxylation is 1. The summed E-state index contributed by atoms with van der Waals surface area (Å²) in [4.78, 5) is 30.4. The quantitative estimate of drug-likeness (QED) is 0.223. The molecule has 5 rings (SSSR count). The van der Waals surface area contributed by atoms with Gasteiger partial charge in [-0.1, -0.05) is 17.7 Å². The van der Waals surface area contributed by atoms with Crippen molar-refractivity contribution in [3.05, 3.63) is 65.2 Å². The largest absolute Gasteiger partial charge is 0.423 e. The van der Waals surface area contributed by atoms with E-state index in [1.165, 1.54) is 0 Å². The fraction of sp³-hybridized carbons (Fsp3) is 0.346. The molecule has 2 aliphatic rings. The molecule has 0 saturated carbocycles. The lowest BCUT2D eigenvalue weighted by atomic mass is 10.1. The lowest BCUT2D eigenvalue weighted by Crippen LogP contribution is -2.40. The second-order valence-electron chi connectivity index (χ2n) is 8.66. The van der Waals surface area contributed by atoms with Crippen LogP contribution >= 0.6 is 0 Å². The topological polar surface area (TPSA) is 114 Å². The molecule has 37 heavy (non-hydrogen) atoms. The van der Waals surface area contributed by atoms with Crippen LogP contribution in [0, 0.1) is 6.92 Å². The highest BCUT2D eigenvalue weighted by atomic mass is 16.5. The van der Waals surface area contributed by atoms with E-state index in [-0.39, 0.29) is 0 Å². The lowest BCUT2D eigenvalue weighted by Gasteiger charge is -2.30. The van der Waals surface area contributed by atoms with Gasteiger partial charge in [-0.2, -0.15) is 20.1 Å². The molecular formula is C26H29N7O4. The van der Waals surface area contributed by atoms with E-state index < -0.39 is 5.97 Å². The summed E-state index contributed by atoms with van der Waals surface area (Å²) in [5, 5.41) is 4.31. The Morgan fingerprint density at radius 3 is 2.14 bits per heavy atom. The monoisotopic (exact) mass is 503 g/mol. The zero-order valence-electron chi connectivity index (χ0n) is 20.7. The number of esters is 1. The van der Waals surface area contributed by atoms with Crippen molar-refractivity contribution in [3.63, 3.8) is 0 Å². The van der Waals surface area contributed by atoms with Gasteiger partial charge in [-0.15, -0.1) is 0 Å². The summed E-state index contributed by atoms with van der Waals surface area (Å²) >= 11 is 0. The van der Waals surface area contributed by atoms with Crippen molar-refractivity contribution >= 4 is 30.0 Å². The summed E-state index contributed by atoms with van der Waals surface area (Å²) < 4.78 is 16.4. The number of hydrazone groups is 1. The number of nitrogens with one attached hydrogen (secondary N) is 1. The molecule has 11 nitrogen and oxygen atoms in total. The van der Waals surface area contributed by atoms with Gasteiger partial charge in [0.25, 0.3) is 0 Å². The summed E-state index contributed by atoms with van der Waals surface area (Å²) in [5.41, 5.74) is 5.26. The van der Waals surface area contributed by atoms with Crippen molar-refractivity contribution < 1.29 is 19.0 Å². The number of carbonyl (C=O) groups excluding carboxylic acids is 1. The Balaban J connectivity index is 1.25. The first-order valence-corrected chi connectivity index (χ1v) is 12.2. The molecule has 0 amide bonds. The van der Waals surface area contributed by atoms with Crippen LogP contribution in [0.1, 0.15) is 21.5 Å². The fourth-order valence-electron chi connectivity index (χ4n) is 3.94. The van der Waals surface area contributed by atoms with E-state index >= 15 is 0 Å². The number of rotatable bonds is 7. The van der Waals surface area contributed by atoms with E-state index in [0.29, 0.717) is 55.6 Å². The van der Waals surface area contributed by atoms with Gasteiger partial charge in [-0.25, -0.2) is 10.2 Å². The number of benzene rings is 2. The van der Waals surface area contributed by atoms with Crippen molar-refractivity contribution in [3.8, 4) is 5.75 Å². The van der Waals surface area contributed by atoms with Gasteiger partial charge in [0.05, 0.1) is 38.2 Å². The van der Waals surface area contributed by atoms with Crippen molar-refractivity contribution in [1.82, 2.24) is 15.0 Å². The zero-order valence-corrected chi connectivity index (χ0v) is 20.7. The summed E-state index contributed by atoms with van der Waals surface area (Å²) in [6.07, 6.45) is 1.65. The zero-order chi connectivity index (χ0) is 25.5. The van der Waals surface area contributed by atoms with E-state index in [1.54, 1.807) is 30.5 Å². The van der Waals surface area contributed by atoms with E-state index in [2.05, 4.69) is 30.3 Å². The van der Waals surface area contributed by atoms with Crippen LogP contribution in [0.2, 0.25) is 0 Å². The van der Waals surface area contributed by atoms with E-state index in [0.717, 1.165) is 37.3 Å². The third kappa shape index (κ3) is 6.57. The van der Waals surface area contributed by atoms with Crippen LogP contribution < -0.4 is 20.0 Å². The molecule has 192 valence electrons. The normalized spacial score (nSPS) is 16.1. The number of carbonyl (C=O) groups is 1. The lowest BCUT2D eigenvalue weighted by molar-refractivity contribution is 0.0734. The number of hydrogen-bond acceptors (Lipinski definition) is 11. The van der Waals surface area contributed by atoms with Crippen LogP contribution in [0.5, 0.6) is 5.75 Å². The van der Waals surface area contributed by atoms with Gasteiger partial charge in [-0.3, -0.25) is 0 Å². The Bertz CT molecular complexity index is 1200. The second kappa shape index (κ2) is 11.8. The second-order valence-corrected chi connectivity index (χ2v) is 8.66. The maximum Gasteiger partial charge on any atom is 0.343 e. The summed E-state index contributed by atoms with van der Waals surface area (Å²) in [6, 6.07) is 14.4. The summed E-state index contributed by atoms with van der Waals surface area (Å²) in [5.74, 6) is 1.61. The van der Waals surface area contributed by atoms with Gasteiger partial charge in [0.1, 0.15) is 5.75 Å². The number of hydrogen-bond donors (Lipinski definition) is 1. The SMILES string of the molecule is Cc1cccc(C(=O)Oc2ccc(/C=N/Nc3nc(N4CCOCC4)nc(N4CCOCC4)n3)cc2)c1. The highest BCUT2D eigenvalue weighted by molar-refractivity contribution is 5.91. The molecule has 0 radical (unpaired) electrons. The molecule has 0 unspecified atom stereocenters. The predicted octanol–water partition coefficient (Wildman–Crippen LogP) is 2.52. The highest BCUT2D eigenvalue weighted by Crippen LogP contribution is 2.19. The van der Waals surface area contributed by atoms with Crippen LogP contribution in [0.15, 0.2) is 53.6 Å². The smallest absolute Gasteiger partial charge is 0.343 e. The number of anilines is 3.